The lowest BCUT2D eigenvalue weighted by Gasteiger charge is -2.44. The van der Waals surface area contributed by atoms with Crippen LogP contribution < -0.4 is 0 Å². The Bertz CT molecular complexity index is 487. The number of hydrogen-bond donors (Lipinski definition) is 1. The second-order valence-electron chi connectivity index (χ2n) is 6.04. The number of aromatic carboxylic acids is 1. The highest BCUT2D eigenvalue weighted by molar-refractivity contribution is 5.86. The minimum absolute atomic E-state index is 0.213. The van der Waals surface area contributed by atoms with Gasteiger partial charge in [-0.1, -0.05) is 18.9 Å². The largest absolute Gasteiger partial charge is 0.477 e. The number of pyridine rings is 1. The van der Waals surface area contributed by atoms with Crippen LogP contribution in [0.3, 0.4) is 0 Å². The van der Waals surface area contributed by atoms with Gasteiger partial charge in [0.05, 0.1) is 0 Å². The molecule has 0 radical (unpaired) electrons. The molecule has 1 aliphatic heterocycles. The highest BCUT2D eigenvalue weighted by atomic mass is 16.4. The molecule has 1 aromatic heterocycles. The number of carbonyl (C=O) groups is 1. The molecule has 0 aromatic carbocycles. The van der Waals surface area contributed by atoms with Crippen LogP contribution >= 0.6 is 0 Å². The molecule has 0 spiro atoms. The van der Waals surface area contributed by atoms with Crippen LogP contribution in [0.25, 0.3) is 0 Å². The van der Waals surface area contributed by atoms with Crippen molar-refractivity contribution in [3.05, 3.63) is 29.6 Å². The summed E-state index contributed by atoms with van der Waals surface area (Å²) in [5.74, 6) is -0.0970. The van der Waals surface area contributed by atoms with Crippen LogP contribution in [0.4, 0.5) is 0 Å². The van der Waals surface area contributed by atoms with Crippen molar-refractivity contribution < 1.29 is 9.90 Å². The number of aromatic nitrogens is 1. The fourth-order valence-electron chi connectivity index (χ4n) is 3.90. The van der Waals surface area contributed by atoms with Gasteiger partial charge in [0.15, 0.2) is 5.69 Å². The van der Waals surface area contributed by atoms with Gasteiger partial charge in [-0.3, -0.25) is 4.90 Å². The summed E-state index contributed by atoms with van der Waals surface area (Å²) in [7, 11) is 0. The van der Waals surface area contributed by atoms with Crippen LogP contribution in [0, 0.1) is 5.92 Å². The average molecular weight is 274 g/mol. The molecular formula is C16H22N2O2. The summed E-state index contributed by atoms with van der Waals surface area (Å²) in [6.45, 7) is 1.83. The Labute approximate surface area is 119 Å². The van der Waals surface area contributed by atoms with Crippen molar-refractivity contribution in [2.75, 3.05) is 6.54 Å². The third-order valence-electron chi connectivity index (χ3n) is 4.83. The molecular weight excluding hydrogens is 252 g/mol. The Hall–Kier alpha value is -1.42. The van der Waals surface area contributed by atoms with E-state index in [4.69, 9.17) is 0 Å². The number of carboxylic acids is 1. The molecule has 2 fully saturated rings. The SMILES string of the molecule is O=C(O)c1ncccc1CN1CCCC2CCCCC21. The van der Waals surface area contributed by atoms with Crippen molar-refractivity contribution in [3.8, 4) is 0 Å². The van der Waals surface area contributed by atoms with Crippen molar-refractivity contribution in [2.45, 2.75) is 51.1 Å². The van der Waals surface area contributed by atoms with E-state index in [1.165, 1.54) is 38.5 Å². The first kappa shape index (κ1) is 13.6. The Morgan fingerprint density at radius 1 is 1.30 bits per heavy atom. The zero-order valence-electron chi connectivity index (χ0n) is 11.8. The second kappa shape index (κ2) is 5.92. The fourth-order valence-corrected chi connectivity index (χ4v) is 3.90. The maximum absolute atomic E-state index is 11.3. The van der Waals surface area contributed by atoms with E-state index in [9.17, 15) is 9.90 Å². The van der Waals surface area contributed by atoms with Crippen LogP contribution in [0.5, 0.6) is 0 Å². The molecule has 0 amide bonds. The summed E-state index contributed by atoms with van der Waals surface area (Å²) in [6, 6.07) is 4.40. The monoisotopic (exact) mass is 274 g/mol. The molecule has 1 saturated carbocycles. The molecule has 1 saturated heterocycles. The van der Waals surface area contributed by atoms with Gasteiger partial charge in [-0.25, -0.2) is 9.78 Å². The van der Waals surface area contributed by atoms with Crippen molar-refractivity contribution in [1.82, 2.24) is 9.88 Å². The van der Waals surface area contributed by atoms with Gasteiger partial charge in [0, 0.05) is 18.8 Å². The maximum Gasteiger partial charge on any atom is 0.354 e. The van der Waals surface area contributed by atoms with Gasteiger partial charge >= 0.3 is 5.97 Å². The third kappa shape index (κ3) is 2.70. The first-order valence-corrected chi connectivity index (χ1v) is 7.67. The quantitative estimate of drug-likeness (QED) is 0.920. The summed E-state index contributed by atoms with van der Waals surface area (Å²) in [5, 5.41) is 9.25. The minimum Gasteiger partial charge on any atom is -0.477 e. The normalized spacial score (nSPS) is 27.0. The average Bonchev–Trinajstić information content (AvgIpc) is 2.48. The van der Waals surface area contributed by atoms with Gasteiger partial charge in [0.2, 0.25) is 0 Å². The van der Waals surface area contributed by atoms with Gasteiger partial charge < -0.3 is 5.11 Å². The van der Waals surface area contributed by atoms with E-state index in [0.717, 1.165) is 24.6 Å². The predicted molar refractivity (Wildman–Crippen MR) is 76.6 cm³/mol. The first-order chi connectivity index (χ1) is 9.75. The lowest BCUT2D eigenvalue weighted by atomic mass is 9.78. The Morgan fingerprint density at radius 2 is 2.10 bits per heavy atom. The van der Waals surface area contributed by atoms with Crippen LogP contribution in [0.1, 0.15) is 54.6 Å². The number of piperidine rings is 1. The van der Waals surface area contributed by atoms with E-state index in [-0.39, 0.29) is 5.69 Å². The third-order valence-corrected chi connectivity index (χ3v) is 4.83. The van der Waals surface area contributed by atoms with Gasteiger partial charge in [0.25, 0.3) is 0 Å². The number of hydrogen-bond acceptors (Lipinski definition) is 3. The number of rotatable bonds is 3. The Kier molecular flexibility index (Phi) is 4.01. The van der Waals surface area contributed by atoms with Crippen LogP contribution in [0.2, 0.25) is 0 Å². The molecule has 20 heavy (non-hydrogen) atoms. The zero-order chi connectivity index (χ0) is 13.9. The summed E-state index contributed by atoms with van der Waals surface area (Å²) in [5.41, 5.74) is 1.07. The molecule has 2 aliphatic rings. The molecule has 3 rings (SSSR count). The Balaban J connectivity index is 1.78. The van der Waals surface area contributed by atoms with Crippen molar-refractivity contribution in [3.63, 3.8) is 0 Å². The predicted octanol–water partition coefficient (Wildman–Crippen LogP) is 2.93. The molecule has 2 heterocycles. The summed E-state index contributed by atoms with van der Waals surface area (Å²) in [4.78, 5) is 17.8. The number of likely N-dealkylation sites (tertiary alicyclic amines) is 1. The highest BCUT2D eigenvalue weighted by Gasteiger charge is 2.33. The first-order valence-electron chi connectivity index (χ1n) is 7.67. The molecule has 1 N–H and O–H groups in total. The van der Waals surface area contributed by atoms with Gasteiger partial charge in [-0.05, 0) is 49.8 Å². The van der Waals surface area contributed by atoms with Crippen molar-refractivity contribution in [1.29, 1.82) is 0 Å². The van der Waals surface area contributed by atoms with E-state index in [1.54, 1.807) is 6.20 Å². The van der Waals surface area contributed by atoms with Crippen molar-refractivity contribution >= 4 is 5.97 Å². The summed E-state index contributed by atoms with van der Waals surface area (Å²) >= 11 is 0. The second-order valence-corrected chi connectivity index (χ2v) is 6.04. The van der Waals surface area contributed by atoms with Crippen LogP contribution in [-0.4, -0.2) is 33.5 Å². The fraction of sp³-hybridized carbons (Fsp3) is 0.625. The number of carboxylic acid groups (broad SMARTS) is 1. The van der Waals surface area contributed by atoms with E-state index in [1.807, 2.05) is 12.1 Å². The van der Waals surface area contributed by atoms with Crippen LogP contribution in [-0.2, 0) is 6.54 Å². The Morgan fingerprint density at radius 3 is 2.95 bits per heavy atom. The number of nitrogens with zero attached hydrogens (tertiary/aromatic N) is 2. The molecule has 0 bridgehead atoms. The van der Waals surface area contributed by atoms with Crippen LogP contribution in [0.15, 0.2) is 18.3 Å². The van der Waals surface area contributed by atoms with Gasteiger partial charge in [0.1, 0.15) is 0 Å². The lowest BCUT2D eigenvalue weighted by Crippen LogP contribution is -2.46. The van der Waals surface area contributed by atoms with E-state index in [0.29, 0.717) is 6.04 Å². The molecule has 2 unspecified atom stereocenters. The zero-order valence-corrected chi connectivity index (χ0v) is 11.8. The molecule has 2 atom stereocenters. The lowest BCUT2D eigenvalue weighted by molar-refractivity contribution is 0.0533. The maximum atomic E-state index is 11.3. The van der Waals surface area contributed by atoms with Gasteiger partial charge in [-0.15, -0.1) is 0 Å². The molecule has 4 heteroatoms. The molecule has 108 valence electrons. The molecule has 4 nitrogen and oxygen atoms in total. The van der Waals surface area contributed by atoms with E-state index >= 15 is 0 Å². The topological polar surface area (TPSA) is 53.4 Å². The standard InChI is InChI=1S/C16H22N2O2/c19-16(20)15-13(6-3-9-17-15)11-18-10-4-7-12-5-1-2-8-14(12)18/h3,6,9,12,14H,1-2,4-5,7-8,10-11H2,(H,19,20). The smallest absolute Gasteiger partial charge is 0.354 e. The van der Waals surface area contributed by atoms with Crippen molar-refractivity contribution in [2.24, 2.45) is 5.92 Å². The molecule has 1 aromatic rings. The minimum atomic E-state index is -0.919. The van der Waals surface area contributed by atoms with E-state index < -0.39 is 5.97 Å². The van der Waals surface area contributed by atoms with E-state index in [2.05, 4.69) is 9.88 Å². The molecule has 1 aliphatic carbocycles. The number of fused-ring (bicyclic) bond motifs is 1. The summed E-state index contributed by atoms with van der Waals surface area (Å²) in [6.07, 6.45) is 9.45. The summed E-state index contributed by atoms with van der Waals surface area (Å²) < 4.78 is 0. The highest BCUT2D eigenvalue weighted by Crippen LogP contribution is 2.36. The van der Waals surface area contributed by atoms with Gasteiger partial charge in [-0.2, -0.15) is 0 Å².